The molecule has 3 rings (SSSR count). The molecule has 0 spiro atoms. The molecule has 0 aliphatic carbocycles. The summed E-state index contributed by atoms with van der Waals surface area (Å²) in [6.45, 7) is 10.1. The second-order valence-electron chi connectivity index (χ2n) is 8.22. The Balaban J connectivity index is 1.71. The number of alkyl halides is 3. The van der Waals surface area contributed by atoms with E-state index in [1.165, 1.54) is 6.07 Å². The van der Waals surface area contributed by atoms with Crippen LogP contribution >= 0.6 is 0 Å². The minimum Gasteiger partial charge on any atom is -0.355 e. The highest BCUT2D eigenvalue weighted by Crippen LogP contribution is 2.29. The number of piperidine rings is 1. The fraction of sp³-hybridized carbons (Fsp3) is 0.684. The summed E-state index contributed by atoms with van der Waals surface area (Å²) in [7, 11) is 0. The van der Waals surface area contributed by atoms with Gasteiger partial charge in [0.15, 0.2) is 5.65 Å². The first-order valence-electron chi connectivity index (χ1n) is 9.93. The first kappa shape index (κ1) is 21.3. The van der Waals surface area contributed by atoms with Crippen LogP contribution < -0.4 is 4.90 Å². The molecule has 0 N–H and O–H groups in total. The third-order valence-electron chi connectivity index (χ3n) is 5.14. The third-order valence-corrected chi connectivity index (χ3v) is 5.14. The molecule has 1 amide bonds. The number of nitrogens with zero attached hydrogens (tertiary/aromatic N) is 6. The van der Waals surface area contributed by atoms with Crippen molar-refractivity contribution in [2.45, 2.75) is 52.8 Å². The lowest BCUT2D eigenvalue weighted by atomic mass is 9.94. The van der Waals surface area contributed by atoms with Gasteiger partial charge in [0.05, 0.1) is 0 Å². The SMILES string of the molecule is CC(C)CN(C(=O)C1CCN(c2ccc3nnc(C(F)(F)F)n3n2)CC1)C(C)C. The summed E-state index contributed by atoms with van der Waals surface area (Å²) in [6.07, 6.45) is -3.33. The van der Waals surface area contributed by atoms with E-state index >= 15 is 0 Å². The second kappa shape index (κ2) is 8.16. The van der Waals surface area contributed by atoms with E-state index in [-0.39, 0.29) is 23.5 Å². The third kappa shape index (κ3) is 4.62. The van der Waals surface area contributed by atoms with Gasteiger partial charge in [-0.25, -0.2) is 0 Å². The number of carbonyl (C=O) groups is 1. The van der Waals surface area contributed by atoms with Gasteiger partial charge in [-0.05, 0) is 44.7 Å². The summed E-state index contributed by atoms with van der Waals surface area (Å²) in [5, 5.41) is 10.8. The number of fused-ring (bicyclic) bond motifs is 1. The molecular weight excluding hydrogens is 385 g/mol. The van der Waals surface area contributed by atoms with E-state index in [0.29, 0.717) is 37.7 Å². The van der Waals surface area contributed by atoms with Crippen LogP contribution in [0.15, 0.2) is 12.1 Å². The van der Waals surface area contributed by atoms with Crippen molar-refractivity contribution in [1.82, 2.24) is 24.7 Å². The highest BCUT2D eigenvalue weighted by Gasteiger charge is 2.38. The maximum Gasteiger partial charge on any atom is 0.453 e. The second-order valence-corrected chi connectivity index (χ2v) is 8.22. The van der Waals surface area contributed by atoms with Crippen LogP contribution in [0.25, 0.3) is 5.65 Å². The molecule has 0 aromatic carbocycles. The average molecular weight is 412 g/mol. The van der Waals surface area contributed by atoms with Gasteiger partial charge in [-0.3, -0.25) is 4.79 Å². The first-order valence-corrected chi connectivity index (χ1v) is 9.93. The molecule has 1 aliphatic heterocycles. The molecule has 0 bridgehead atoms. The summed E-state index contributed by atoms with van der Waals surface area (Å²) in [5.41, 5.74) is 0.0485. The van der Waals surface area contributed by atoms with E-state index in [1.807, 2.05) is 23.6 Å². The zero-order valence-corrected chi connectivity index (χ0v) is 17.1. The van der Waals surface area contributed by atoms with E-state index in [1.54, 1.807) is 6.07 Å². The number of hydrogen-bond acceptors (Lipinski definition) is 5. The average Bonchev–Trinajstić information content (AvgIpc) is 3.09. The minimum atomic E-state index is -4.62. The molecule has 0 unspecified atom stereocenters. The van der Waals surface area contributed by atoms with Crippen LogP contribution in [0, 0.1) is 11.8 Å². The van der Waals surface area contributed by atoms with Crippen molar-refractivity contribution in [3.05, 3.63) is 18.0 Å². The van der Waals surface area contributed by atoms with Crippen LogP contribution in [0.5, 0.6) is 0 Å². The van der Waals surface area contributed by atoms with Crippen molar-refractivity contribution >= 4 is 17.4 Å². The van der Waals surface area contributed by atoms with Crippen molar-refractivity contribution in [2.24, 2.45) is 11.8 Å². The minimum absolute atomic E-state index is 0.0485. The van der Waals surface area contributed by atoms with Crippen LogP contribution in [0.2, 0.25) is 0 Å². The molecule has 2 aromatic rings. The maximum atomic E-state index is 13.1. The summed E-state index contributed by atoms with van der Waals surface area (Å²) in [5.74, 6) is -0.229. The van der Waals surface area contributed by atoms with Crippen molar-refractivity contribution in [1.29, 1.82) is 0 Å². The lowest BCUT2D eigenvalue weighted by Crippen LogP contribution is -2.46. The van der Waals surface area contributed by atoms with Gasteiger partial charge in [0.1, 0.15) is 5.82 Å². The van der Waals surface area contributed by atoms with Crippen LogP contribution in [-0.4, -0.2) is 56.3 Å². The van der Waals surface area contributed by atoms with Gasteiger partial charge in [-0.2, -0.15) is 17.7 Å². The monoisotopic (exact) mass is 412 g/mol. The number of hydrogen-bond donors (Lipinski definition) is 0. The molecule has 0 atom stereocenters. The van der Waals surface area contributed by atoms with Gasteiger partial charge in [0.2, 0.25) is 5.91 Å². The number of halogens is 3. The van der Waals surface area contributed by atoms with E-state index in [0.717, 1.165) is 11.1 Å². The van der Waals surface area contributed by atoms with Crippen molar-refractivity contribution in [3.63, 3.8) is 0 Å². The molecule has 3 heterocycles. The highest BCUT2D eigenvalue weighted by atomic mass is 19.4. The van der Waals surface area contributed by atoms with Crippen LogP contribution in [0.1, 0.15) is 46.4 Å². The fourth-order valence-corrected chi connectivity index (χ4v) is 3.66. The molecule has 0 radical (unpaired) electrons. The zero-order chi connectivity index (χ0) is 21.3. The van der Waals surface area contributed by atoms with Gasteiger partial charge in [0, 0.05) is 31.6 Å². The Labute approximate surface area is 167 Å². The molecule has 7 nitrogen and oxygen atoms in total. The Morgan fingerprint density at radius 1 is 1.17 bits per heavy atom. The fourth-order valence-electron chi connectivity index (χ4n) is 3.66. The predicted molar refractivity (Wildman–Crippen MR) is 102 cm³/mol. The first-order chi connectivity index (χ1) is 13.6. The van der Waals surface area contributed by atoms with E-state index in [4.69, 9.17) is 0 Å². The molecule has 10 heteroatoms. The number of anilines is 1. The summed E-state index contributed by atoms with van der Waals surface area (Å²) in [6, 6.07) is 3.26. The van der Waals surface area contributed by atoms with Gasteiger partial charge < -0.3 is 9.80 Å². The Morgan fingerprint density at radius 2 is 1.83 bits per heavy atom. The molecule has 1 aliphatic rings. The normalized spacial score (nSPS) is 16.2. The van der Waals surface area contributed by atoms with Crippen LogP contribution in [0.3, 0.4) is 0 Å². The van der Waals surface area contributed by atoms with Gasteiger partial charge in [-0.15, -0.1) is 15.3 Å². The standard InChI is InChI=1S/C19H27F3N6O/c1-12(2)11-27(13(3)4)17(29)14-7-9-26(10-8-14)16-6-5-15-23-24-18(19(20,21)22)28(15)25-16/h5-6,12-14H,7-11H2,1-4H3. The number of amides is 1. The topological polar surface area (TPSA) is 66.6 Å². The highest BCUT2D eigenvalue weighted by molar-refractivity contribution is 5.79. The van der Waals surface area contributed by atoms with E-state index < -0.39 is 12.0 Å². The number of rotatable bonds is 5. The van der Waals surface area contributed by atoms with Gasteiger partial charge in [-0.1, -0.05) is 13.8 Å². The zero-order valence-electron chi connectivity index (χ0n) is 17.1. The molecule has 0 saturated carbocycles. The molecular formula is C19H27F3N6O. The largest absolute Gasteiger partial charge is 0.453 e. The summed E-state index contributed by atoms with van der Waals surface area (Å²) in [4.78, 5) is 16.8. The van der Waals surface area contributed by atoms with Gasteiger partial charge in [0.25, 0.3) is 5.82 Å². The smallest absolute Gasteiger partial charge is 0.355 e. The molecule has 29 heavy (non-hydrogen) atoms. The van der Waals surface area contributed by atoms with Crippen LogP contribution in [-0.2, 0) is 11.0 Å². The van der Waals surface area contributed by atoms with Crippen molar-refractivity contribution in [2.75, 3.05) is 24.5 Å². The molecule has 1 saturated heterocycles. The molecule has 160 valence electrons. The van der Waals surface area contributed by atoms with Crippen molar-refractivity contribution in [3.8, 4) is 0 Å². The molecule has 2 aromatic heterocycles. The predicted octanol–water partition coefficient (Wildman–Crippen LogP) is 3.25. The number of aromatic nitrogens is 4. The number of carbonyl (C=O) groups excluding carboxylic acids is 1. The lowest BCUT2D eigenvalue weighted by molar-refractivity contribution is -0.146. The summed E-state index contributed by atoms with van der Waals surface area (Å²) < 4.78 is 40.0. The lowest BCUT2D eigenvalue weighted by Gasteiger charge is -2.36. The van der Waals surface area contributed by atoms with E-state index in [2.05, 4.69) is 29.1 Å². The van der Waals surface area contributed by atoms with Crippen molar-refractivity contribution < 1.29 is 18.0 Å². The maximum absolute atomic E-state index is 13.1. The quantitative estimate of drug-likeness (QED) is 0.754. The Morgan fingerprint density at radius 3 is 2.38 bits per heavy atom. The summed E-state index contributed by atoms with van der Waals surface area (Å²) >= 11 is 0. The Bertz CT molecular complexity index is 855. The van der Waals surface area contributed by atoms with Crippen LogP contribution in [0.4, 0.5) is 19.0 Å². The van der Waals surface area contributed by atoms with Gasteiger partial charge >= 0.3 is 6.18 Å². The molecule has 1 fully saturated rings. The Kier molecular flexibility index (Phi) is 6.00. The van der Waals surface area contributed by atoms with E-state index in [9.17, 15) is 18.0 Å². The Hall–Kier alpha value is -2.39.